The molecule has 0 radical (unpaired) electrons. The molecule has 0 fully saturated rings. The van der Waals surface area contributed by atoms with Gasteiger partial charge in [0.15, 0.2) is 0 Å². The highest BCUT2D eigenvalue weighted by Gasteiger charge is 2.36. The third kappa shape index (κ3) is 3.93. The molecule has 8 heteroatoms. The van der Waals surface area contributed by atoms with Gasteiger partial charge in [-0.1, -0.05) is 6.92 Å². The first-order valence-electron chi connectivity index (χ1n) is 4.76. The normalized spacial score (nSPS) is 13.8. The number of aliphatic hydroxyl groups is 1. The van der Waals surface area contributed by atoms with Crippen LogP contribution < -0.4 is 5.32 Å². The monoisotopic (exact) mass is 255 g/mol. The molecule has 0 aliphatic heterocycles. The van der Waals surface area contributed by atoms with Crippen LogP contribution in [0.5, 0.6) is 0 Å². The molecule has 0 saturated carbocycles. The van der Waals surface area contributed by atoms with Gasteiger partial charge in [0.2, 0.25) is 11.0 Å². The van der Waals surface area contributed by atoms with Crippen LogP contribution in [0.4, 0.5) is 18.3 Å². The summed E-state index contributed by atoms with van der Waals surface area (Å²) in [4.78, 5) is 3.29. The fourth-order valence-electron chi connectivity index (χ4n) is 0.960. The Bertz CT molecular complexity index is 329. The summed E-state index contributed by atoms with van der Waals surface area (Å²) in [5, 5.41) is 12.0. The van der Waals surface area contributed by atoms with Crippen molar-refractivity contribution in [2.75, 3.05) is 11.9 Å². The molecule has 0 saturated heterocycles. The first kappa shape index (κ1) is 13.2. The summed E-state index contributed by atoms with van der Waals surface area (Å²) in [6.45, 7) is 2.21. The zero-order chi connectivity index (χ0) is 12.2. The molecule has 0 amide bonds. The topological polar surface area (TPSA) is 58.0 Å². The Balaban J connectivity index is 2.41. The number of alkyl halides is 3. The molecule has 0 spiro atoms. The summed E-state index contributed by atoms with van der Waals surface area (Å²) in [6, 6.07) is 0. The number of aromatic nitrogens is 2. The van der Waals surface area contributed by atoms with Crippen molar-refractivity contribution in [3.8, 4) is 0 Å². The standard InChI is InChI=1S/C8H12F3N3OS/c1-2-5(15)3-4-12-7-13-6(14-16-7)8(9,10)11/h5,15H,2-4H2,1H3,(H,12,13,14). The maximum Gasteiger partial charge on any atom is 0.452 e. The highest BCUT2D eigenvalue weighted by Crippen LogP contribution is 2.28. The van der Waals surface area contributed by atoms with Gasteiger partial charge in [0.25, 0.3) is 0 Å². The molecule has 92 valence electrons. The first-order chi connectivity index (χ1) is 7.43. The number of nitrogens with one attached hydrogen (secondary N) is 1. The third-order valence-electron chi connectivity index (χ3n) is 1.90. The third-order valence-corrected chi connectivity index (χ3v) is 2.58. The van der Waals surface area contributed by atoms with Gasteiger partial charge < -0.3 is 10.4 Å². The molecule has 1 rings (SSSR count). The number of nitrogens with zero attached hydrogens (tertiary/aromatic N) is 2. The van der Waals surface area contributed by atoms with Gasteiger partial charge in [0.1, 0.15) is 0 Å². The molecule has 16 heavy (non-hydrogen) atoms. The van der Waals surface area contributed by atoms with Crippen molar-refractivity contribution in [1.82, 2.24) is 9.36 Å². The summed E-state index contributed by atoms with van der Waals surface area (Å²) in [5.41, 5.74) is 0. The predicted octanol–water partition coefficient (Wildman–Crippen LogP) is 2.13. The highest BCUT2D eigenvalue weighted by molar-refractivity contribution is 7.09. The smallest absolute Gasteiger partial charge is 0.393 e. The van der Waals surface area contributed by atoms with Crippen molar-refractivity contribution in [2.45, 2.75) is 32.0 Å². The fraction of sp³-hybridized carbons (Fsp3) is 0.750. The van der Waals surface area contributed by atoms with Crippen LogP contribution in [-0.4, -0.2) is 27.1 Å². The van der Waals surface area contributed by atoms with Crippen LogP contribution in [0.15, 0.2) is 0 Å². The number of rotatable bonds is 5. The molecule has 2 N–H and O–H groups in total. The van der Waals surface area contributed by atoms with Crippen molar-refractivity contribution in [3.05, 3.63) is 5.82 Å². The summed E-state index contributed by atoms with van der Waals surface area (Å²) in [7, 11) is 0. The average Bonchev–Trinajstić information content (AvgIpc) is 2.65. The number of aliphatic hydroxyl groups excluding tert-OH is 1. The molecule has 1 atom stereocenters. The number of hydrogen-bond donors (Lipinski definition) is 2. The SMILES string of the molecule is CCC(O)CCNc1nc(C(F)(F)F)ns1. The lowest BCUT2D eigenvalue weighted by molar-refractivity contribution is -0.144. The van der Waals surface area contributed by atoms with E-state index in [4.69, 9.17) is 0 Å². The lowest BCUT2D eigenvalue weighted by Gasteiger charge is -2.06. The van der Waals surface area contributed by atoms with Gasteiger partial charge in [-0.25, -0.2) is 0 Å². The van der Waals surface area contributed by atoms with Crippen LogP contribution in [-0.2, 0) is 6.18 Å². The minimum atomic E-state index is -4.50. The van der Waals surface area contributed by atoms with Crippen LogP contribution in [0.1, 0.15) is 25.6 Å². The largest absolute Gasteiger partial charge is 0.452 e. The minimum absolute atomic E-state index is 0.121. The van der Waals surface area contributed by atoms with E-state index >= 15 is 0 Å². The summed E-state index contributed by atoms with van der Waals surface area (Å²) >= 11 is 0.662. The van der Waals surface area contributed by atoms with Crippen molar-refractivity contribution in [3.63, 3.8) is 0 Å². The van der Waals surface area contributed by atoms with Gasteiger partial charge in [-0.15, -0.1) is 0 Å². The number of anilines is 1. The molecule has 1 aromatic heterocycles. The fourth-order valence-corrected chi connectivity index (χ4v) is 1.57. The number of hydrogen-bond acceptors (Lipinski definition) is 5. The molecule has 1 heterocycles. The predicted molar refractivity (Wildman–Crippen MR) is 54.3 cm³/mol. The number of halogens is 3. The van der Waals surface area contributed by atoms with Crippen molar-refractivity contribution in [1.29, 1.82) is 0 Å². The van der Waals surface area contributed by atoms with E-state index < -0.39 is 18.1 Å². The Kier molecular flexibility index (Phi) is 4.48. The van der Waals surface area contributed by atoms with Gasteiger partial charge in [-0.2, -0.15) is 22.5 Å². The molecule has 1 aromatic rings. The Labute approximate surface area is 94.7 Å². The van der Waals surface area contributed by atoms with E-state index in [1.165, 1.54) is 0 Å². The lowest BCUT2D eigenvalue weighted by Crippen LogP contribution is -2.12. The molecule has 0 aliphatic rings. The molecular formula is C8H12F3N3OS. The Morgan fingerprint density at radius 2 is 2.19 bits per heavy atom. The molecule has 4 nitrogen and oxygen atoms in total. The molecule has 1 unspecified atom stereocenters. The van der Waals surface area contributed by atoms with E-state index in [1.54, 1.807) is 0 Å². The second kappa shape index (κ2) is 5.44. The van der Waals surface area contributed by atoms with Gasteiger partial charge in [-0.3, -0.25) is 0 Å². The average molecular weight is 255 g/mol. The van der Waals surface area contributed by atoms with Crippen LogP contribution >= 0.6 is 11.5 Å². The van der Waals surface area contributed by atoms with Gasteiger partial charge in [-0.05, 0) is 12.8 Å². The van der Waals surface area contributed by atoms with Crippen molar-refractivity contribution < 1.29 is 18.3 Å². The van der Waals surface area contributed by atoms with E-state index in [0.717, 1.165) is 0 Å². The van der Waals surface area contributed by atoms with Gasteiger partial charge >= 0.3 is 6.18 Å². The Hall–Kier alpha value is -0.890. The Morgan fingerprint density at radius 1 is 1.50 bits per heavy atom. The second-order valence-electron chi connectivity index (χ2n) is 3.20. The van der Waals surface area contributed by atoms with E-state index in [2.05, 4.69) is 14.7 Å². The van der Waals surface area contributed by atoms with Crippen molar-refractivity contribution >= 4 is 16.7 Å². The maximum absolute atomic E-state index is 12.1. The lowest BCUT2D eigenvalue weighted by atomic mass is 10.2. The second-order valence-corrected chi connectivity index (χ2v) is 3.95. The Morgan fingerprint density at radius 3 is 2.69 bits per heavy atom. The summed E-state index contributed by atoms with van der Waals surface area (Å²) in [5.74, 6) is -1.13. The van der Waals surface area contributed by atoms with Crippen LogP contribution in [0.3, 0.4) is 0 Å². The summed E-state index contributed by atoms with van der Waals surface area (Å²) < 4.78 is 39.5. The zero-order valence-corrected chi connectivity index (χ0v) is 9.40. The molecular weight excluding hydrogens is 243 g/mol. The minimum Gasteiger partial charge on any atom is -0.393 e. The summed E-state index contributed by atoms with van der Waals surface area (Å²) in [6.07, 6.45) is -3.86. The van der Waals surface area contributed by atoms with E-state index in [-0.39, 0.29) is 5.13 Å². The van der Waals surface area contributed by atoms with Gasteiger partial charge in [0, 0.05) is 18.1 Å². The molecule has 0 aliphatic carbocycles. The molecule has 0 aromatic carbocycles. The van der Waals surface area contributed by atoms with E-state index in [9.17, 15) is 18.3 Å². The van der Waals surface area contributed by atoms with Crippen molar-refractivity contribution in [2.24, 2.45) is 0 Å². The van der Waals surface area contributed by atoms with Gasteiger partial charge in [0.05, 0.1) is 6.10 Å². The van der Waals surface area contributed by atoms with Crippen LogP contribution in [0.2, 0.25) is 0 Å². The van der Waals surface area contributed by atoms with Crippen LogP contribution in [0.25, 0.3) is 0 Å². The molecule has 0 bridgehead atoms. The van der Waals surface area contributed by atoms with E-state index in [1.807, 2.05) is 6.92 Å². The van der Waals surface area contributed by atoms with E-state index in [0.29, 0.717) is 30.9 Å². The first-order valence-corrected chi connectivity index (χ1v) is 5.53. The quantitative estimate of drug-likeness (QED) is 0.846. The zero-order valence-electron chi connectivity index (χ0n) is 8.58. The van der Waals surface area contributed by atoms with Crippen LogP contribution in [0, 0.1) is 0 Å². The maximum atomic E-state index is 12.1. The highest BCUT2D eigenvalue weighted by atomic mass is 32.1.